The molecule has 1 aliphatic rings. The van der Waals surface area contributed by atoms with Crippen molar-refractivity contribution in [3.63, 3.8) is 0 Å². The number of H-pyrrole nitrogens is 1. The zero-order valence-electron chi connectivity index (χ0n) is 14.9. The van der Waals surface area contributed by atoms with Gasteiger partial charge in [0, 0.05) is 32.4 Å². The lowest BCUT2D eigenvalue weighted by molar-refractivity contribution is 0.159. The molecule has 2 aromatic heterocycles. The van der Waals surface area contributed by atoms with E-state index in [1.54, 1.807) is 6.33 Å². The number of likely N-dealkylation sites (tertiary alicyclic amines) is 1. The summed E-state index contributed by atoms with van der Waals surface area (Å²) in [6.07, 6.45) is 4.80. The lowest BCUT2D eigenvalue weighted by Gasteiger charge is -2.42. The van der Waals surface area contributed by atoms with Gasteiger partial charge in [0.05, 0.1) is 5.39 Å². The fraction of sp³-hybridized carbons (Fsp3) is 0.400. The van der Waals surface area contributed by atoms with Crippen LogP contribution in [0.3, 0.4) is 0 Å². The van der Waals surface area contributed by atoms with Gasteiger partial charge in [-0.1, -0.05) is 37.3 Å². The molecule has 3 heterocycles. The molecule has 1 N–H and O–H groups in total. The highest BCUT2D eigenvalue weighted by Crippen LogP contribution is 2.29. The van der Waals surface area contributed by atoms with Crippen molar-refractivity contribution < 1.29 is 0 Å². The molecule has 130 valence electrons. The summed E-state index contributed by atoms with van der Waals surface area (Å²) >= 11 is 0. The summed E-state index contributed by atoms with van der Waals surface area (Å²) in [4.78, 5) is 17.0. The zero-order chi connectivity index (χ0) is 17.2. The summed E-state index contributed by atoms with van der Waals surface area (Å²) < 4.78 is 0. The summed E-state index contributed by atoms with van der Waals surface area (Å²) in [5.74, 6) is 1.66. The van der Waals surface area contributed by atoms with E-state index >= 15 is 0 Å². The average Bonchev–Trinajstić information content (AvgIpc) is 3.12. The molecule has 0 radical (unpaired) electrons. The van der Waals surface area contributed by atoms with Crippen molar-refractivity contribution in [2.24, 2.45) is 5.92 Å². The molecule has 0 amide bonds. The van der Waals surface area contributed by atoms with Crippen LogP contribution in [0.5, 0.6) is 0 Å². The lowest BCUT2D eigenvalue weighted by atomic mass is 9.92. The molecule has 3 aromatic rings. The van der Waals surface area contributed by atoms with Crippen LogP contribution in [0.4, 0.5) is 5.82 Å². The summed E-state index contributed by atoms with van der Waals surface area (Å²) in [5, 5.41) is 1.09. The van der Waals surface area contributed by atoms with Crippen LogP contribution in [0.15, 0.2) is 48.9 Å². The minimum absolute atomic E-state index is 0.450. The number of aromatic nitrogens is 3. The number of piperidine rings is 1. The Bertz CT molecular complexity index is 828. The molecule has 2 atom stereocenters. The van der Waals surface area contributed by atoms with Crippen molar-refractivity contribution in [1.29, 1.82) is 0 Å². The Morgan fingerprint density at radius 3 is 2.88 bits per heavy atom. The van der Waals surface area contributed by atoms with Gasteiger partial charge >= 0.3 is 0 Å². The minimum Gasteiger partial charge on any atom is -0.354 e. The van der Waals surface area contributed by atoms with Crippen molar-refractivity contribution in [3.05, 3.63) is 54.5 Å². The van der Waals surface area contributed by atoms with Crippen LogP contribution in [-0.2, 0) is 6.54 Å². The molecule has 0 spiro atoms. The zero-order valence-corrected chi connectivity index (χ0v) is 14.9. The number of fused-ring (bicyclic) bond motifs is 1. The Labute approximate surface area is 148 Å². The van der Waals surface area contributed by atoms with Crippen LogP contribution in [0, 0.1) is 5.92 Å². The normalized spacial score (nSPS) is 21.5. The van der Waals surface area contributed by atoms with Crippen LogP contribution in [0.2, 0.25) is 0 Å². The van der Waals surface area contributed by atoms with E-state index in [1.165, 1.54) is 12.0 Å². The Kier molecular flexibility index (Phi) is 4.40. The molecule has 25 heavy (non-hydrogen) atoms. The smallest absolute Gasteiger partial charge is 0.142 e. The summed E-state index contributed by atoms with van der Waals surface area (Å²) in [5.41, 5.74) is 2.29. The Morgan fingerprint density at radius 1 is 1.20 bits per heavy atom. The standard InChI is InChI=1S/C20H25N5/c1-15-9-11-25(12-16-6-4-3-5-7-16)13-18(15)24(2)20-17-8-10-21-19(17)22-14-23-20/h3-8,10,14-15,18H,9,11-13H2,1-2H3,(H,21,22,23)/t15-,18-/m0/s1. The number of anilines is 1. The maximum atomic E-state index is 4.57. The highest BCUT2D eigenvalue weighted by atomic mass is 15.3. The van der Waals surface area contributed by atoms with E-state index in [9.17, 15) is 0 Å². The highest BCUT2D eigenvalue weighted by molar-refractivity contribution is 5.87. The first-order valence-corrected chi connectivity index (χ1v) is 8.99. The van der Waals surface area contributed by atoms with Crippen LogP contribution >= 0.6 is 0 Å². The molecule has 1 saturated heterocycles. The second kappa shape index (κ2) is 6.84. The first kappa shape index (κ1) is 16.1. The molecule has 0 aliphatic carbocycles. The maximum absolute atomic E-state index is 4.57. The van der Waals surface area contributed by atoms with Crippen molar-refractivity contribution in [1.82, 2.24) is 19.9 Å². The van der Waals surface area contributed by atoms with Gasteiger partial charge in [0.15, 0.2) is 0 Å². The summed E-state index contributed by atoms with van der Waals surface area (Å²) in [6, 6.07) is 13.3. The van der Waals surface area contributed by atoms with Gasteiger partial charge in [-0.3, -0.25) is 4.90 Å². The molecule has 5 nitrogen and oxygen atoms in total. The molecule has 0 unspecified atom stereocenters. The van der Waals surface area contributed by atoms with Gasteiger partial charge in [0.25, 0.3) is 0 Å². The predicted molar refractivity (Wildman–Crippen MR) is 102 cm³/mol. The molecular weight excluding hydrogens is 310 g/mol. The fourth-order valence-electron chi connectivity index (χ4n) is 3.90. The number of nitrogens with zero attached hydrogens (tertiary/aromatic N) is 4. The van der Waals surface area contributed by atoms with E-state index in [2.05, 4.69) is 75.1 Å². The number of benzene rings is 1. The summed E-state index contributed by atoms with van der Waals surface area (Å²) in [6.45, 7) is 5.59. The molecular formula is C20H25N5. The number of hydrogen-bond acceptors (Lipinski definition) is 4. The second-order valence-corrected chi connectivity index (χ2v) is 7.10. The van der Waals surface area contributed by atoms with Crippen LogP contribution < -0.4 is 4.90 Å². The van der Waals surface area contributed by atoms with Crippen molar-refractivity contribution in [2.45, 2.75) is 25.9 Å². The van der Waals surface area contributed by atoms with Gasteiger partial charge in [-0.05, 0) is 30.5 Å². The van der Waals surface area contributed by atoms with Crippen LogP contribution in [-0.4, -0.2) is 46.0 Å². The van der Waals surface area contributed by atoms with Crippen LogP contribution in [0.1, 0.15) is 18.9 Å². The largest absolute Gasteiger partial charge is 0.354 e. The molecule has 1 aromatic carbocycles. The van der Waals surface area contributed by atoms with Gasteiger partial charge in [-0.2, -0.15) is 0 Å². The molecule has 0 bridgehead atoms. The third-order valence-electron chi connectivity index (χ3n) is 5.42. The quantitative estimate of drug-likeness (QED) is 0.795. The first-order chi connectivity index (χ1) is 12.2. The van der Waals surface area contributed by atoms with E-state index in [1.807, 2.05) is 6.20 Å². The highest BCUT2D eigenvalue weighted by Gasteiger charge is 2.30. The van der Waals surface area contributed by atoms with Gasteiger partial charge in [0.1, 0.15) is 17.8 Å². The number of rotatable bonds is 4. The predicted octanol–water partition coefficient (Wildman–Crippen LogP) is 3.30. The lowest BCUT2D eigenvalue weighted by Crippen LogP contribution is -2.50. The average molecular weight is 335 g/mol. The van der Waals surface area contributed by atoms with E-state index in [0.29, 0.717) is 12.0 Å². The van der Waals surface area contributed by atoms with Gasteiger partial charge in [-0.15, -0.1) is 0 Å². The monoisotopic (exact) mass is 335 g/mol. The van der Waals surface area contributed by atoms with Crippen molar-refractivity contribution in [3.8, 4) is 0 Å². The number of nitrogens with one attached hydrogen (secondary N) is 1. The molecule has 5 heteroatoms. The van der Waals surface area contributed by atoms with Crippen molar-refractivity contribution in [2.75, 3.05) is 25.0 Å². The Balaban J connectivity index is 1.54. The Morgan fingerprint density at radius 2 is 2.04 bits per heavy atom. The van der Waals surface area contributed by atoms with Crippen LogP contribution in [0.25, 0.3) is 11.0 Å². The van der Waals surface area contributed by atoms with Gasteiger partial charge in [-0.25, -0.2) is 9.97 Å². The first-order valence-electron chi connectivity index (χ1n) is 8.99. The number of hydrogen-bond donors (Lipinski definition) is 1. The maximum Gasteiger partial charge on any atom is 0.142 e. The topological polar surface area (TPSA) is 48.1 Å². The van der Waals surface area contributed by atoms with Gasteiger partial charge < -0.3 is 9.88 Å². The van der Waals surface area contributed by atoms with Gasteiger partial charge in [0.2, 0.25) is 0 Å². The summed E-state index contributed by atoms with van der Waals surface area (Å²) in [7, 11) is 2.17. The molecule has 1 fully saturated rings. The molecule has 1 aliphatic heterocycles. The second-order valence-electron chi connectivity index (χ2n) is 7.10. The number of likely N-dealkylation sites (N-methyl/N-ethyl adjacent to an activating group) is 1. The Hall–Kier alpha value is -2.40. The minimum atomic E-state index is 0.450. The number of aromatic amines is 1. The third kappa shape index (κ3) is 3.24. The molecule has 0 saturated carbocycles. The van der Waals surface area contributed by atoms with E-state index in [4.69, 9.17) is 0 Å². The van der Waals surface area contributed by atoms with E-state index in [0.717, 1.165) is 36.5 Å². The van der Waals surface area contributed by atoms with Crippen molar-refractivity contribution >= 4 is 16.9 Å². The van der Waals surface area contributed by atoms with E-state index < -0.39 is 0 Å². The fourth-order valence-corrected chi connectivity index (χ4v) is 3.90. The third-order valence-corrected chi connectivity index (χ3v) is 5.42. The molecule has 4 rings (SSSR count). The SMILES string of the molecule is C[C@H]1CCN(Cc2ccccc2)C[C@@H]1N(C)c1ncnc2[nH]ccc12. The van der Waals surface area contributed by atoms with E-state index in [-0.39, 0.29) is 0 Å².